The quantitative estimate of drug-likeness (QED) is 0.927. The summed E-state index contributed by atoms with van der Waals surface area (Å²) in [5.74, 6) is 1.000. The van der Waals surface area contributed by atoms with Crippen LogP contribution in [0.4, 0.5) is 0 Å². The lowest BCUT2D eigenvalue weighted by molar-refractivity contribution is 0.0144. The van der Waals surface area contributed by atoms with Gasteiger partial charge < -0.3 is 9.84 Å². The predicted octanol–water partition coefficient (Wildman–Crippen LogP) is 3.01. The average Bonchev–Trinajstić information content (AvgIpc) is 2.97. The molecule has 0 atom stereocenters. The fraction of sp³-hybridized carbons (Fsp3) is 0.625. The number of aliphatic hydroxyl groups is 1. The van der Waals surface area contributed by atoms with Gasteiger partial charge in [0.25, 0.3) is 0 Å². The molecule has 4 heteroatoms. The lowest BCUT2D eigenvalue weighted by atomic mass is 10.0. The van der Waals surface area contributed by atoms with Crippen molar-refractivity contribution in [1.82, 2.24) is 4.90 Å². The largest absolute Gasteiger partial charge is 0.493 e. The second-order valence-electron chi connectivity index (χ2n) is 6.26. The van der Waals surface area contributed by atoms with Gasteiger partial charge in [0.15, 0.2) is 0 Å². The Balaban J connectivity index is 1.71. The summed E-state index contributed by atoms with van der Waals surface area (Å²) in [6.07, 6.45) is 5.06. The van der Waals surface area contributed by atoms with E-state index in [1.54, 1.807) is 0 Å². The second kappa shape index (κ2) is 5.55. The molecule has 110 valence electrons. The van der Waals surface area contributed by atoms with Crippen LogP contribution in [0, 0.1) is 0 Å². The molecular formula is C16H22ClNO2. The molecule has 2 aliphatic rings. The van der Waals surface area contributed by atoms with Gasteiger partial charge in [-0.25, -0.2) is 0 Å². The fourth-order valence-electron chi connectivity index (χ4n) is 3.50. The smallest absolute Gasteiger partial charge is 0.127 e. The van der Waals surface area contributed by atoms with Gasteiger partial charge in [0.1, 0.15) is 5.75 Å². The highest BCUT2D eigenvalue weighted by atomic mass is 35.5. The van der Waals surface area contributed by atoms with Crippen LogP contribution in [-0.4, -0.2) is 35.8 Å². The van der Waals surface area contributed by atoms with Crippen LogP contribution in [-0.2, 0) is 13.0 Å². The Hall–Kier alpha value is -0.770. The lowest BCUT2D eigenvalue weighted by Crippen LogP contribution is -2.38. The summed E-state index contributed by atoms with van der Waals surface area (Å²) in [6, 6.07) is 3.98. The monoisotopic (exact) mass is 295 g/mol. The van der Waals surface area contributed by atoms with Crippen molar-refractivity contribution in [3.8, 4) is 5.75 Å². The van der Waals surface area contributed by atoms with E-state index in [0.29, 0.717) is 6.54 Å². The van der Waals surface area contributed by atoms with E-state index < -0.39 is 5.60 Å². The summed E-state index contributed by atoms with van der Waals surface area (Å²) in [4.78, 5) is 2.18. The SMILES string of the molecule is CN(Cc1cc(Cl)cc2c1OCC2)CC1(O)CCCC1. The first kappa shape index (κ1) is 14.2. The molecule has 1 saturated carbocycles. The molecule has 1 aliphatic heterocycles. The fourth-order valence-corrected chi connectivity index (χ4v) is 3.77. The van der Waals surface area contributed by atoms with Gasteiger partial charge in [-0.3, -0.25) is 4.90 Å². The van der Waals surface area contributed by atoms with Crippen LogP contribution in [0.3, 0.4) is 0 Å². The molecule has 1 N–H and O–H groups in total. The Labute approximate surface area is 125 Å². The Morgan fingerprint density at radius 2 is 2.10 bits per heavy atom. The third-order valence-corrected chi connectivity index (χ3v) is 4.58. The summed E-state index contributed by atoms with van der Waals surface area (Å²) >= 11 is 6.19. The molecule has 20 heavy (non-hydrogen) atoms. The van der Waals surface area contributed by atoms with Gasteiger partial charge in [-0.2, -0.15) is 0 Å². The van der Waals surface area contributed by atoms with Crippen molar-refractivity contribution in [2.75, 3.05) is 20.2 Å². The summed E-state index contributed by atoms with van der Waals surface area (Å²) in [7, 11) is 2.05. The van der Waals surface area contributed by atoms with Crippen LogP contribution in [0.2, 0.25) is 5.02 Å². The normalized spacial score (nSPS) is 20.2. The number of halogens is 1. The van der Waals surface area contributed by atoms with Crippen LogP contribution in [0.1, 0.15) is 36.8 Å². The van der Waals surface area contributed by atoms with E-state index in [9.17, 15) is 5.11 Å². The minimum Gasteiger partial charge on any atom is -0.493 e. The van der Waals surface area contributed by atoms with Gasteiger partial charge >= 0.3 is 0 Å². The van der Waals surface area contributed by atoms with Crippen LogP contribution < -0.4 is 4.74 Å². The molecule has 1 aromatic carbocycles. The Bertz CT molecular complexity index is 497. The van der Waals surface area contributed by atoms with E-state index >= 15 is 0 Å². The molecule has 1 fully saturated rings. The summed E-state index contributed by atoms with van der Waals surface area (Å²) in [6.45, 7) is 2.23. The maximum atomic E-state index is 10.5. The molecule has 3 rings (SSSR count). The number of nitrogens with zero attached hydrogens (tertiary/aromatic N) is 1. The average molecular weight is 296 g/mol. The van der Waals surface area contributed by atoms with Crippen molar-refractivity contribution in [2.24, 2.45) is 0 Å². The van der Waals surface area contributed by atoms with Crippen molar-refractivity contribution in [3.63, 3.8) is 0 Å². The number of likely N-dealkylation sites (N-methyl/N-ethyl adjacent to an activating group) is 1. The first-order valence-electron chi connectivity index (χ1n) is 7.41. The Morgan fingerprint density at radius 1 is 1.35 bits per heavy atom. The predicted molar refractivity (Wildman–Crippen MR) is 80.4 cm³/mol. The molecule has 1 aliphatic carbocycles. The highest BCUT2D eigenvalue weighted by Gasteiger charge is 2.32. The zero-order chi connectivity index (χ0) is 14.2. The van der Waals surface area contributed by atoms with Crippen molar-refractivity contribution >= 4 is 11.6 Å². The number of ether oxygens (including phenoxy) is 1. The van der Waals surface area contributed by atoms with Crippen LogP contribution in [0.15, 0.2) is 12.1 Å². The van der Waals surface area contributed by atoms with E-state index in [2.05, 4.69) is 11.9 Å². The molecule has 1 heterocycles. The first-order chi connectivity index (χ1) is 9.56. The van der Waals surface area contributed by atoms with E-state index in [4.69, 9.17) is 16.3 Å². The maximum Gasteiger partial charge on any atom is 0.127 e. The van der Waals surface area contributed by atoms with Gasteiger partial charge in [-0.05, 0) is 37.6 Å². The van der Waals surface area contributed by atoms with Gasteiger partial charge in [0.2, 0.25) is 0 Å². The third kappa shape index (κ3) is 2.95. The molecule has 0 spiro atoms. The van der Waals surface area contributed by atoms with Crippen molar-refractivity contribution < 1.29 is 9.84 Å². The standard InChI is InChI=1S/C16H22ClNO2/c1-18(11-16(19)5-2-3-6-16)10-13-9-14(17)8-12-4-7-20-15(12)13/h8-9,19H,2-7,10-11H2,1H3. The Morgan fingerprint density at radius 3 is 2.85 bits per heavy atom. The zero-order valence-electron chi connectivity index (χ0n) is 12.0. The molecule has 0 saturated heterocycles. The Kier molecular flexibility index (Phi) is 3.93. The van der Waals surface area contributed by atoms with Crippen molar-refractivity contribution in [2.45, 2.75) is 44.2 Å². The summed E-state index contributed by atoms with van der Waals surface area (Å²) in [5.41, 5.74) is 1.84. The minimum absolute atomic E-state index is 0.503. The van der Waals surface area contributed by atoms with Gasteiger partial charge in [0, 0.05) is 30.1 Å². The second-order valence-corrected chi connectivity index (χ2v) is 6.69. The molecule has 3 nitrogen and oxygen atoms in total. The molecule has 0 amide bonds. The van der Waals surface area contributed by atoms with Crippen LogP contribution >= 0.6 is 11.6 Å². The molecule has 1 aromatic rings. The van der Waals surface area contributed by atoms with Gasteiger partial charge in [0.05, 0.1) is 12.2 Å². The summed E-state index contributed by atoms with van der Waals surface area (Å²) < 4.78 is 5.73. The number of fused-ring (bicyclic) bond motifs is 1. The lowest BCUT2D eigenvalue weighted by Gasteiger charge is -2.29. The minimum atomic E-state index is -0.503. The van der Waals surface area contributed by atoms with Gasteiger partial charge in [-0.1, -0.05) is 24.4 Å². The highest BCUT2D eigenvalue weighted by molar-refractivity contribution is 6.30. The molecule has 0 bridgehead atoms. The van der Waals surface area contributed by atoms with E-state index in [0.717, 1.165) is 61.6 Å². The zero-order valence-corrected chi connectivity index (χ0v) is 12.7. The number of hydrogen-bond acceptors (Lipinski definition) is 3. The van der Waals surface area contributed by atoms with E-state index in [1.807, 2.05) is 12.1 Å². The molecular weight excluding hydrogens is 274 g/mol. The van der Waals surface area contributed by atoms with Crippen molar-refractivity contribution in [1.29, 1.82) is 0 Å². The highest BCUT2D eigenvalue weighted by Crippen LogP contribution is 2.34. The molecule has 0 aromatic heterocycles. The number of benzene rings is 1. The maximum absolute atomic E-state index is 10.5. The summed E-state index contributed by atoms with van der Waals surface area (Å²) in [5, 5.41) is 11.3. The van der Waals surface area contributed by atoms with Crippen molar-refractivity contribution in [3.05, 3.63) is 28.3 Å². The molecule has 0 radical (unpaired) electrons. The first-order valence-corrected chi connectivity index (χ1v) is 7.79. The third-order valence-electron chi connectivity index (χ3n) is 4.36. The van der Waals surface area contributed by atoms with Crippen LogP contribution in [0.5, 0.6) is 5.75 Å². The number of rotatable bonds is 4. The van der Waals surface area contributed by atoms with Gasteiger partial charge in [-0.15, -0.1) is 0 Å². The topological polar surface area (TPSA) is 32.7 Å². The number of hydrogen-bond donors (Lipinski definition) is 1. The van der Waals surface area contributed by atoms with Crippen LogP contribution in [0.25, 0.3) is 0 Å². The molecule has 0 unspecified atom stereocenters. The van der Waals surface area contributed by atoms with E-state index in [1.165, 1.54) is 5.56 Å². The van der Waals surface area contributed by atoms with E-state index in [-0.39, 0.29) is 0 Å².